The van der Waals surface area contributed by atoms with Crippen molar-refractivity contribution in [1.29, 1.82) is 0 Å². The first-order valence-electron chi connectivity index (χ1n) is 16.6. The van der Waals surface area contributed by atoms with E-state index in [1.807, 2.05) is 66.9 Å². The minimum absolute atomic E-state index is 0.485. The highest BCUT2D eigenvalue weighted by atomic mass is 16.3. The molecular formula is C44H27N5O. The van der Waals surface area contributed by atoms with Crippen molar-refractivity contribution in [2.45, 2.75) is 0 Å². The Morgan fingerprint density at radius 2 is 0.980 bits per heavy atom. The number of aromatic nitrogens is 5. The molecule has 0 atom stereocenters. The number of pyridine rings is 1. The van der Waals surface area contributed by atoms with Gasteiger partial charge in [-0.05, 0) is 41.5 Å². The third kappa shape index (κ3) is 4.65. The van der Waals surface area contributed by atoms with Gasteiger partial charge in [0.2, 0.25) is 0 Å². The Morgan fingerprint density at radius 3 is 1.72 bits per heavy atom. The van der Waals surface area contributed by atoms with Crippen LogP contribution in [0.25, 0.3) is 94.9 Å². The Bertz CT molecular complexity index is 2820. The molecule has 10 aromatic rings. The maximum absolute atomic E-state index is 6.16. The molecule has 4 heterocycles. The lowest BCUT2D eigenvalue weighted by Gasteiger charge is -2.11. The monoisotopic (exact) mass is 641 g/mol. The molecular weight excluding hydrogens is 615 g/mol. The zero-order valence-electron chi connectivity index (χ0n) is 26.7. The first-order chi connectivity index (χ1) is 24.8. The molecule has 50 heavy (non-hydrogen) atoms. The lowest BCUT2D eigenvalue weighted by molar-refractivity contribution is 0.668. The van der Waals surface area contributed by atoms with E-state index in [0.29, 0.717) is 23.2 Å². The molecule has 234 valence electrons. The van der Waals surface area contributed by atoms with Gasteiger partial charge in [0, 0.05) is 50.6 Å². The molecule has 0 aliphatic heterocycles. The average Bonchev–Trinajstić information content (AvgIpc) is 3.74. The van der Waals surface area contributed by atoms with Gasteiger partial charge in [-0.3, -0.25) is 4.98 Å². The van der Waals surface area contributed by atoms with Gasteiger partial charge in [0.15, 0.2) is 17.5 Å². The summed E-state index contributed by atoms with van der Waals surface area (Å²) < 4.78 is 8.50. The first-order valence-corrected chi connectivity index (χ1v) is 16.6. The molecule has 0 saturated carbocycles. The highest BCUT2D eigenvalue weighted by Crippen LogP contribution is 2.34. The van der Waals surface area contributed by atoms with Crippen LogP contribution < -0.4 is 0 Å². The van der Waals surface area contributed by atoms with Gasteiger partial charge in [0.1, 0.15) is 16.9 Å². The van der Waals surface area contributed by atoms with Crippen LogP contribution in [0.1, 0.15) is 0 Å². The molecule has 0 saturated heterocycles. The van der Waals surface area contributed by atoms with Crippen molar-refractivity contribution in [2.24, 2.45) is 0 Å². The van der Waals surface area contributed by atoms with Crippen LogP contribution in [0.2, 0.25) is 0 Å². The molecule has 4 aromatic heterocycles. The molecule has 0 aliphatic carbocycles. The fourth-order valence-electron chi connectivity index (χ4n) is 6.92. The molecule has 0 spiro atoms. The van der Waals surface area contributed by atoms with Crippen LogP contribution in [0.3, 0.4) is 0 Å². The smallest absolute Gasteiger partial charge is 0.182 e. The number of hydrogen-bond acceptors (Lipinski definition) is 5. The second-order valence-electron chi connectivity index (χ2n) is 12.3. The molecule has 0 N–H and O–H groups in total. The molecule has 10 rings (SSSR count). The van der Waals surface area contributed by atoms with Crippen molar-refractivity contribution >= 4 is 43.7 Å². The summed E-state index contributed by atoms with van der Waals surface area (Å²) in [5, 5.41) is 4.48. The fraction of sp³-hybridized carbons (Fsp3) is 0. The molecule has 0 unspecified atom stereocenters. The molecule has 0 radical (unpaired) electrons. The van der Waals surface area contributed by atoms with E-state index in [9.17, 15) is 0 Å². The van der Waals surface area contributed by atoms with E-state index >= 15 is 0 Å². The largest absolute Gasteiger partial charge is 0.456 e. The molecule has 6 nitrogen and oxygen atoms in total. The van der Waals surface area contributed by atoms with Crippen LogP contribution in [-0.4, -0.2) is 24.5 Å². The Balaban J connectivity index is 1.05. The number of rotatable bonds is 5. The van der Waals surface area contributed by atoms with Crippen molar-refractivity contribution in [2.75, 3.05) is 0 Å². The number of benzene rings is 6. The zero-order valence-corrected chi connectivity index (χ0v) is 26.7. The molecule has 6 aromatic carbocycles. The summed E-state index contributed by atoms with van der Waals surface area (Å²) in [5.74, 6) is 1.64. The summed E-state index contributed by atoms with van der Waals surface area (Å²) >= 11 is 0. The summed E-state index contributed by atoms with van der Waals surface area (Å²) in [4.78, 5) is 19.5. The average molecular weight is 642 g/mol. The summed E-state index contributed by atoms with van der Waals surface area (Å²) in [5.41, 5.74) is 9.70. The van der Waals surface area contributed by atoms with Crippen molar-refractivity contribution in [1.82, 2.24) is 24.5 Å². The number of hydrogen-bond donors (Lipinski definition) is 0. The maximum atomic E-state index is 6.16. The second-order valence-corrected chi connectivity index (χ2v) is 12.3. The van der Waals surface area contributed by atoms with Gasteiger partial charge in [-0.25, -0.2) is 15.0 Å². The van der Waals surface area contributed by atoms with Crippen LogP contribution in [0.5, 0.6) is 0 Å². The molecule has 0 aliphatic rings. The molecule has 0 amide bonds. The summed E-state index contributed by atoms with van der Waals surface area (Å²) in [6.07, 6.45) is 1.84. The van der Waals surface area contributed by atoms with Gasteiger partial charge in [0.25, 0.3) is 0 Å². The van der Waals surface area contributed by atoms with E-state index < -0.39 is 0 Å². The van der Waals surface area contributed by atoms with E-state index in [2.05, 4.69) is 102 Å². The number of furan rings is 1. The highest BCUT2D eigenvalue weighted by molar-refractivity contribution is 6.09. The SMILES string of the molecule is c1ccc(-c2nc(-c3ccc(-c4cccc(-n5c6ccccc6c6ccccc65)c4)cc3)nc(-c3cc4oc5ccccc5c4cn3)n2)cc1. The van der Waals surface area contributed by atoms with Crippen molar-refractivity contribution < 1.29 is 4.42 Å². The van der Waals surface area contributed by atoms with Crippen LogP contribution in [0, 0.1) is 0 Å². The van der Waals surface area contributed by atoms with Gasteiger partial charge in [-0.1, -0.05) is 121 Å². The van der Waals surface area contributed by atoms with E-state index in [0.717, 1.165) is 49.9 Å². The minimum Gasteiger partial charge on any atom is -0.456 e. The predicted octanol–water partition coefficient (Wildman–Crippen LogP) is 10.9. The van der Waals surface area contributed by atoms with Crippen LogP contribution >= 0.6 is 0 Å². The van der Waals surface area contributed by atoms with Crippen molar-refractivity contribution in [3.05, 3.63) is 164 Å². The second kappa shape index (κ2) is 11.4. The van der Waals surface area contributed by atoms with Gasteiger partial charge in [-0.2, -0.15) is 0 Å². The summed E-state index contributed by atoms with van der Waals surface area (Å²) in [6, 6.07) is 54.1. The first kappa shape index (κ1) is 28.1. The van der Waals surface area contributed by atoms with Crippen LogP contribution in [0.15, 0.2) is 168 Å². The Kier molecular flexibility index (Phi) is 6.39. The van der Waals surface area contributed by atoms with E-state index in [-0.39, 0.29) is 0 Å². The van der Waals surface area contributed by atoms with E-state index in [4.69, 9.17) is 24.4 Å². The Labute approximate surface area is 287 Å². The standard InChI is InChI=1S/C44H27N5O/c1-2-11-29(12-3-1)42-46-43(48-44(47-42)37-26-41-36(27-45-37)35-17-6-9-20-40(35)50-41)30-23-21-28(22-24-30)31-13-10-14-32(25-31)49-38-18-7-4-15-33(38)34-16-5-8-19-39(34)49/h1-27H. The van der Waals surface area contributed by atoms with Crippen molar-refractivity contribution in [3.63, 3.8) is 0 Å². The van der Waals surface area contributed by atoms with Gasteiger partial charge < -0.3 is 8.98 Å². The number of nitrogens with zero attached hydrogens (tertiary/aromatic N) is 5. The third-order valence-electron chi connectivity index (χ3n) is 9.32. The number of fused-ring (bicyclic) bond motifs is 6. The van der Waals surface area contributed by atoms with Crippen LogP contribution in [-0.2, 0) is 0 Å². The number of para-hydroxylation sites is 3. The normalized spacial score (nSPS) is 11.6. The summed E-state index contributed by atoms with van der Waals surface area (Å²) in [7, 11) is 0. The molecule has 0 bridgehead atoms. The minimum atomic E-state index is 0.485. The van der Waals surface area contributed by atoms with Gasteiger partial charge in [0.05, 0.1) is 11.0 Å². The topological polar surface area (TPSA) is 69.6 Å². The lowest BCUT2D eigenvalue weighted by atomic mass is 10.0. The zero-order chi connectivity index (χ0) is 33.0. The quantitative estimate of drug-likeness (QED) is 0.187. The van der Waals surface area contributed by atoms with Crippen LogP contribution in [0.4, 0.5) is 0 Å². The lowest BCUT2D eigenvalue weighted by Crippen LogP contribution is -2.01. The molecule has 0 fully saturated rings. The Hall–Kier alpha value is -6.92. The van der Waals surface area contributed by atoms with Gasteiger partial charge in [-0.15, -0.1) is 0 Å². The summed E-state index contributed by atoms with van der Waals surface area (Å²) in [6.45, 7) is 0. The van der Waals surface area contributed by atoms with Gasteiger partial charge >= 0.3 is 0 Å². The molecule has 6 heteroatoms. The van der Waals surface area contributed by atoms with E-state index in [1.54, 1.807) is 0 Å². The predicted molar refractivity (Wildman–Crippen MR) is 201 cm³/mol. The Morgan fingerprint density at radius 1 is 0.400 bits per heavy atom. The highest BCUT2D eigenvalue weighted by Gasteiger charge is 2.16. The van der Waals surface area contributed by atoms with Crippen molar-refractivity contribution in [3.8, 4) is 51.1 Å². The van der Waals surface area contributed by atoms with E-state index in [1.165, 1.54) is 21.8 Å². The maximum Gasteiger partial charge on any atom is 0.182 e. The third-order valence-corrected chi connectivity index (χ3v) is 9.32. The fourth-order valence-corrected chi connectivity index (χ4v) is 6.92.